The zero-order valence-corrected chi connectivity index (χ0v) is 63.5. The van der Waals surface area contributed by atoms with Gasteiger partial charge in [-0.2, -0.15) is 0 Å². The monoisotopic (exact) mass is 1390 g/mol. The summed E-state index contributed by atoms with van der Waals surface area (Å²) in [4.78, 5) is 186. The number of ether oxygens (including phenoxy) is 3. The molecule has 2 fully saturated rings. The van der Waals surface area contributed by atoms with Crippen LogP contribution in [0.1, 0.15) is 163 Å². The first-order chi connectivity index (χ1) is 45.6. The van der Waals surface area contributed by atoms with Crippen LogP contribution in [0.15, 0.2) is 12.2 Å². The van der Waals surface area contributed by atoms with Gasteiger partial charge in [0.1, 0.15) is 66.5 Å². The molecule has 0 aliphatic carbocycles. The second-order valence-electron chi connectivity index (χ2n) is 28.8. The lowest BCUT2D eigenvalue weighted by atomic mass is 9.91. The van der Waals surface area contributed by atoms with Gasteiger partial charge >= 0.3 is 6.09 Å². The molecule has 0 aromatic carbocycles. The highest BCUT2D eigenvalue weighted by Gasteiger charge is 2.47. The molecule has 0 aromatic rings. The maximum atomic E-state index is 15.3. The van der Waals surface area contributed by atoms with Gasteiger partial charge in [-0.05, 0) is 115 Å². The molecule has 14 atom stereocenters. The van der Waals surface area contributed by atoms with Crippen LogP contribution in [0.5, 0.6) is 0 Å². The molecule has 28 heteroatoms. The summed E-state index contributed by atoms with van der Waals surface area (Å²) >= 11 is 0. The predicted molar refractivity (Wildman–Crippen MR) is 372 cm³/mol. The molecule has 2 aliphatic heterocycles. The van der Waals surface area contributed by atoms with E-state index in [1.807, 2.05) is 41.5 Å². The Bertz CT molecular complexity index is 2710. The number of carbonyl (C=O) groups is 12. The van der Waals surface area contributed by atoms with Crippen molar-refractivity contribution in [1.82, 2.24) is 60.5 Å². The number of carbonyl (C=O) groups excluding carboxylic acids is 12. The molecule has 2 saturated heterocycles. The first-order valence-electron chi connectivity index (χ1n) is 35.1. The molecule has 98 heavy (non-hydrogen) atoms. The van der Waals surface area contributed by atoms with Crippen molar-refractivity contribution in [2.24, 2.45) is 35.5 Å². The van der Waals surface area contributed by atoms with Crippen molar-refractivity contribution >= 4 is 71.1 Å². The molecule has 28 nitrogen and oxygen atoms in total. The van der Waals surface area contributed by atoms with Gasteiger partial charge in [0.2, 0.25) is 65.0 Å². The Morgan fingerprint density at radius 1 is 0.520 bits per heavy atom. The van der Waals surface area contributed by atoms with E-state index in [-0.39, 0.29) is 63.1 Å². The molecule has 0 aromatic heterocycles. The summed E-state index contributed by atoms with van der Waals surface area (Å²) in [5.74, 6) is -10.5. The SMILES string of the molecule is C/C=C/C[C@@H](C)[C@@H](O)[C@H]1C(=O)N[C@@H](CC)C(=O)N(C)[C@H](C)C(=O)N(C)[C@@H]([C@@H](C)OCCCCOC(=O)N2CCOCC2)C(=O)N[C@@H](C(C)C)C(=O)N(C)[C@H](CC(C)C)C(=O)N[C@@H](C)C(=O)N[C@@H](C)C(=O)N(C)[C@@H](CC(C)C)C(=O)N(C)[C@H](CC(C)C)C(=O)N(C)[C@@H](C(C)C)C(=O)N1C. The molecule has 0 unspecified atom stereocenters. The number of amides is 12. The number of nitrogens with one attached hydrogen (secondary N) is 4. The predicted octanol–water partition coefficient (Wildman–Crippen LogP) is 3.27. The normalized spacial score (nSPS) is 26.8. The number of nitrogens with zero attached hydrogens (tertiary/aromatic N) is 8. The van der Waals surface area contributed by atoms with E-state index in [4.69, 9.17) is 14.2 Å². The van der Waals surface area contributed by atoms with Gasteiger partial charge in [0, 0.05) is 69.0 Å². The molecule has 0 saturated carbocycles. The average Bonchev–Trinajstić information content (AvgIpc) is 0.805. The number of aliphatic hydroxyl groups excluding tert-OH is 1. The fourth-order valence-electron chi connectivity index (χ4n) is 12.2. The van der Waals surface area contributed by atoms with E-state index in [2.05, 4.69) is 21.3 Å². The fourth-order valence-corrected chi connectivity index (χ4v) is 12.2. The molecular weight excluding hydrogens is 1260 g/mol. The smallest absolute Gasteiger partial charge is 0.409 e. The molecule has 0 bridgehead atoms. The molecule has 5 N–H and O–H groups in total. The number of aliphatic hydroxyl groups is 1. The van der Waals surface area contributed by atoms with Gasteiger partial charge in [-0.15, -0.1) is 0 Å². The molecule has 0 spiro atoms. The molecule has 2 heterocycles. The van der Waals surface area contributed by atoms with Crippen molar-refractivity contribution in [3.8, 4) is 0 Å². The highest BCUT2D eigenvalue weighted by atomic mass is 16.6. The van der Waals surface area contributed by atoms with Crippen molar-refractivity contribution in [2.75, 3.05) is 88.9 Å². The van der Waals surface area contributed by atoms with E-state index < -0.39 is 167 Å². The van der Waals surface area contributed by atoms with Gasteiger partial charge in [-0.1, -0.05) is 95.2 Å². The van der Waals surface area contributed by atoms with Crippen LogP contribution in [0.3, 0.4) is 0 Å². The molecule has 0 radical (unpaired) electrons. The van der Waals surface area contributed by atoms with Gasteiger partial charge in [-0.3, -0.25) is 52.7 Å². The highest BCUT2D eigenvalue weighted by molar-refractivity contribution is 6.00. The Balaban J connectivity index is 2.98. The van der Waals surface area contributed by atoms with Crippen LogP contribution in [-0.4, -0.2) is 283 Å². The minimum absolute atomic E-state index is 0.0333. The summed E-state index contributed by atoms with van der Waals surface area (Å²) in [7, 11) is 9.75. The fraction of sp³-hybridized carbons (Fsp3) is 0.800. The second kappa shape index (κ2) is 41.0. The van der Waals surface area contributed by atoms with Crippen molar-refractivity contribution in [1.29, 1.82) is 0 Å². The first-order valence-corrected chi connectivity index (χ1v) is 35.1. The van der Waals surface area contributed by atoms with E-state index >= 15 is 24.0 Å². The average molecular weight is 1390 g/mol. The van der Waals surface area contributed by atoms with Crippen molar-refractivity contribution in [3.63, 3.8) is 0 Å². The molecule has 2 rings (SSSR count). The van der Waals surface area contributed by atoms with Crippen LogP contribution in [0.25, 0.3) is 0 Å². The van der Waals surface area contributed by atoms with Crippen LogP contribution in [0.2, 0.25) is 0 Å². The molecular formula is C70H124N12O16. The first kappa shape index (κ1) is 87.1. The van der Waals surface area contributed by atoms with Gasteiger partial charge in [0.25, 0.3) is 0 Å². The number of rotatable bonds is 20. The lowest BCUT2D eigenvalue weighted by Crippen LogP contribution is -2.64. The third-order valence-corrected chi connectivity index (χ3v) is 18.6. The minimum Gasteiger partial charge on any atom is -0.449 e. The Morgan fingerprint density at radius 2 is 0.990 bits per heavy atom. The lowest BCUT2D eigenvalue weighted by Gasteiger charge is -2.41. The third kappa shape index (κ3) is 24.5. The van der Waals surface area contributed by atoms with Crippen molar-refractivity contribution < 1.29 is 76.9 Å². The quantitative estimate of drug-likeness (QED) is 0.0863. The zero-order valence-electron chi connectivity index (χ0n) is 63.5. The van der Waals surface area contributed by atoms with E-state index in [9.17, 15) is 38.7 Å². The van der Waals surface area contributed by atoms with Crippen LogP contribution >= 0.6 is 0 Å². The Morgan fingerprint density at radius 3 is 1.50 bits per heavy atom. The van der Waals surface area contributed by atoms with Crippen LogP contribution in [0, 0.1) is 35.5 Å². The van der Waals surface area contributed by atoms with Gasteiger partial charge < -0.3 is 79.8 Å². The van der Waals surface area contributed by atoms with Crippen molar-refractivity contribution in [2.45, 2.75) is 241 Å². The van der Waals surface area contributed by atoms with Gasteiger partial charge in [0.05, 0.1) is 32.0 Å². The topological polar surface area (TPSA) is 327 Å². The van der Waals surface area contributed by atoms with Crippen LogP contribution in [0.4, 0.5) is 4.79 Å². The Hall–Kier alpha value is -6.94. The number of unbranched alkanes of at least 4 members (excludes halogenated alkanes) is 1. The largest absolute Gasteiger partial charge is 0.449 e. The second-order valence-corrected chi connectivity index (χ2v) is 28.8. The van der Waals surface area contributed by atoms with E-state index in [1.165, 1.54) is 89.7 Å². The summed E-state index contributed by atoms with van der Waals surface area (Å²) in [5.41, 5.74) is 0. The summed E-state index contributed by atoms with van der Waals surface area (Å²) < 4.78 is 17.1. The number of morpholine rings is 1. The molecule has 12 amide bonds. The van der Waals surface area contributed by atoms with Gasteiger partial charge in [-0.25, -0.2) is 4.79 Å². The maximum Gasteiger partial charge on any atom is 0.409 e. The van der Waals surface area contributed by atoms with Gasteiger partial charge in [0.15, 0.2) is 0 Å². The van der Waals surface area contributed by atoms with E-state index in [0.29, 0.717) is 39.1 Å². The third-order valence-electron chi connectivity index (χ3n) is 18.6. The lowest BCUT2D eigenvalue weighted by molar-refractivity contribution is -0.157. The number of hydrogen-bond donors (Lipinski definition) is 5. The summed E-state index contributed by atoms with van der Waals surface area (Å²) in [6.45, 7) is 30.6. The Labute approximate surface area is 584 Å². The molecule has 560 valence electrons. The minimum atomic E-state index is -1.66. The molecule has 2 aliphatic rings. The maximum absolute atomic E-state index is 15.3. The van der Waals surface area contributed by atoms with E-state index in [0.717, 1.165) is 14.7 Å². The van der Waals surface area contributed by atoms with Crippen LogP contribution in [-0.2, 0) is 67.0 Å². The van der Waals surface area contributed by atoms with E-state index in [1.54, 1.807) is 72.4 Å². The van der Waals surface area contributed by atoms with Crippen molar-refractivity contribution in [3.05, 3.63) is 12.2 Å². The van der Waals surface area contributed by atoms with Crippen LogP contribution < -0.4 is 21.3 Å². The Kier molecular flexibility index (Phi) is 36.4. The number of allylic oxidation sites excluding steroid dienone is 2. The number of hydrogen-bond acceptors (Lipinski definition) is 16. The standard InChI is InChI=1S/C70H124N12O16/c1-25-27-30-45(13)58(83)57-62(87)73-50(26-2)65(90)75(18)48(16)64(89)80(23)56(49(17)97-33-28-29-34-98-70(95)82-31-35-96-36-32-82)61(86)74-54(43(9)10)68(93)76(19)51(37-40(3)4)60(85)71-46(14)59(84)72-47(15)63(88)77(20)52(38-41(5)6)66(91)78(21)53(39-42(7)8)67(92)79(22)55(44(11)12)69(94)81(57)24/h25,27,40-58,83H,26,28-39H2,1-24H3,(H,71,85)(H,72,84)(H,73,87)(H,74,86)/b27-25+/t45-,46+,47+,48-,49-,50+,51-,52+,53-,54+,55+,56+,57+,58-/m1/s1. The summed E-state index contributed by atoms with van der Waals surface area (Å²) in [5, 5.41) is 23.2. The summed E-state index contributed by atoms with van der Waals surface area (Å²) in [6.07, 6.45) is 1.81. The zero-order chi connectivity index (χ0) is 75.1. The number of likely N-dealkylation sites (N-methyl/N-ethyl adjacent to an activating group) is 7. The highest BCUT2D eigenvalue weighted by Crippen LogP contribution is 2.26. The summed E-state index contributed by atoms with van der Waals surface area (Å²) in [6, 6.07) is -14.5.